The van der Waals surface area contributed by atoms with Gasteiger partial charge in [0.15, 0.2) is 0 Å². The number of carbonyl (C=O) groups is 2. The first-order chi connectivity index (χ1) is 16.9. The molecule has 196 valence electrons. The predicted octanol–water partition coefficient (Wildman–Crippen LogP) is 4.20. The maximum absolute atomic E-state index is 13.3. The molecule has 3 rings (SSSR count). The van der Waals surface area contributed by atoms with Crippen LogP contribution in [0.1, 0.15) is 51.2 Å². The fraction of sp³-hybridized carbons (Fsp3) is 0.692. The Hall–Kier alpha value is -2.03. The van der Waals surface area contributed by atoms with Crippen molar-refractivity contribution >= 4 is 23.7 Å². The summed E-state index contributed by atoms with van der Waals surface area (Å²) in [6, 6.07) is 7.85. The summed E-state index contributed by atoms with van der Waals surface area (Å²) in [5.74, 6) is 1.24. The lowest BCUT2D eigenvalue weighted by atomic mass is 9.85. The minimum absolute atomic E-state index is 0.00866. The van der Waals surface area contributed by atoms with Gasteiger partial charge >= 0.3 is 12.1 Å². The maximum atomic E-state index is 13.3. The van der Waals surface area contributed by atoms with Gasteiger partial charge in [-0.2, -0.15) is 0 Å². The van der Waals surface area contributed by atoms with Crippen LogP contribution >= 0.6 is 11.6 Å². The first-order valence-electron chi connectivity index (χ1n) is 12.8. The zero-order chi connectivity index (χ0) is 25.2. The van der Waals surface area contributed by atoms with Crippen LogP contribution in [0.15, 0.2) is 24.3 Å². The van der Waals surface area contributed by atoms with E-state index in [0.29, 0.717) is 36.6 Å². The van der Waals surface area contributed by atoms with Crippen LogP contribution in [0.3, 0.4) is 0 Å². The van der Waals surface area contributed by atoms with Crippen molar-refractivity contribution in [3.63, 3.8) is 0 Å². The lowest BCUT2D eigenvalue weighted by Crippen LogP contribution is -2.56. The molecule has 1 aromatic carbocycles. The number of benzene rings is 1. The highest BCUT2D eigenvalue weighted by Gasteiger charge is 2.33. The van der Waals surface area contributed by atoms with E-state index in [2.05, 4.69) is 34.5 Å². The number of alkyl carbamates (subject to hydrolysis) is 1. The number of carbonyl (C=O) groups excluding carboxylic acids is 2. The number of halogens is 1. The van der Waals surface area contributed by atoms with E-state index in [1.165, 1.54) is 7.11 Å². The minimum Gasteiger partial charge on any atom is -0.453 e. The lowest BCUT2D eigenvalue weighted by molar-refractivity contribution is -0.00878. The molecule has 0 saturated carbocycles. The summed E-state index contributed by atoms with van der Waals surface area (Å²) in [4.78, 5) is 26.6. The number of piperidine rings is 2. The number of ether oxygens (including phenoxy) is 2. The largest absolute Gasteiger partial charge is 0.453 e. The first-order valence-corrected chi connectivity index (χ1v) is 13.2. The second-order valence-electron chi connectivity index (χ2n) is 10.1. The second-order valence-corrected chi connectivity index (χ2v) is 10.5. The SMILES string of the molecule is COC(=O)NCCO[C@@H](c1cccc(Cl)c1)[C@@H]1CCCN(C(=O)N[C@@H]2CNCC[C@H]2CC(C)C)C1. The highest BCUT2D eigenvalue weighted by Crippen LogP contribution is 2.34. The normalized spacial score (nSPS) is 23.6. The maximum Gasteiger partial charge on any atom is 0.406 e. The molecule has 3 N–H and O–H groups in total. The second kappa shape index (κ2) is 13.9. The molecule has 2 heterocycles. The average molecular weight is 509 g/mol. The number of urea groups is 1. The molecule has 1 aromatic rings. The predicted molar refractivity (Wildman–Crippen MR) is 138 cm³/mol. The van der Waals surface area contributed by atoms with Crippen LogP contribution in [0.2, 0.25) is 5.02 Å². The summed E-state index contributed by atoms with van der Waals surface area (Å²) in [5.41, 5.74) is 0.983. The van der Waals surface area contributed by atoms with Gasteiger partial charge in [-0.3, -0.25) is 0 Å². The summed E-state index contributed by atoms with van der Waals surface area (Å²) in [5, 5.41) is 10.1. The van der Waals surface area contributed by atoms with Crippen molar-refractivity contribution in [2.45, 2.75) is 51.7 Å². The average Bonchev–Trinajstić information content (AvgIpc) is 2.84. The topological polar surface area (TPSA) is 91.9 Å². The number of rotatable bonds is 9. The van der Waals surface area contributed by atoms with Crippen LogP contribution in [-0.4, -0.2) is 69.5 Å². The molecule has 0 spiro atoms. The number of hydrogen-bond donors (Lipinski definition) is 3. The van der Waals surface area contributed by atoms with E-state index in [-0.39, 0.29) is 24.1 Å². The van der Waals surface area contributed by atoms with E-state index < -0.39 is 6.09 Å². The van der Waals surface area contributed by atoms with Crippen molar-refractivity contribution < 1.29 is 19.1 Å². The Morgan fingerprint density at radius 2 is 2.11 bits per heavy atom. The molecule has 2 saturated heterocycles. The van der Waals surface area contributed by atoms with Crippen LogP contribution < -0.4 is 16.0 Å². The smallest absolute Gasteiger partial charge is 0.406 e. The fourth-order valence-electron chi connectivity index (χ4n) is 5.26. The zero-order valence-corrected chi connectivity index (χ0v) is 22.0. The Morgan fingerprint density at radius 3 is 2.86 bits per heavy atom. The van der Waals surface area contributed by atoms with E-state index >= 15 is 0 Å². The van der Waals surface area contributed by atoms with Gasteiger partial charge in [0.25, 0.3) is 0 Å². The number of nitrogens with zero attached hydrogens (tertiary/aromatic N) is 1. The molecule has 2 aliphatic heterocycles. The first kappa shape index (κ1) is 27.6. The van der Waals surface area contributed by atoms with Gasteiger partial charge in [0.2, 0.25) is 0 Å². The van der Waals surface area contributed by atoms with Crippen LogP contribution in [-0.2, 0) is 9.47 Å². The molecule has 2 aliphatic rings. The Labute approximate surface area is 214 Å². The molecule has 9 heteroatoms. The molecule has 8 nitrogen and oxygen atoms in total. The van der Waals surface area contributed by atoms with Gasteiger partial charge in [0, 0.05) is 43.2 Å². The third-order valence-electron chi connectivity index (χ3n) is 6.91. The molecule has 2 fully saturated rings. The van der Waals surface area contributed by atoms with Crippen LogP contribution in [0.5, 0.6) is 0 Å². The molecule has 0 aliphatic carbocycles. The molecular weight excluding hydrogens is 468 g/mol. The summed E-state index contributed by atoms with van der Waals surface area (Å²) in [6.07, 6.45) is 3.37. The van der Waals surface area contributed by atoms with Crippen molar-refractivity contribution in [2.24, 2.45) is 17.8 Å². The molecule has 4 atom stereocenters. The molecule has 0 bridgehead atoms. The van der Waals surface area contributed by atoms with Gasteiger partial charge in [-0.1, -0.05) is 37.6 Å². The number of hydrogen-bond acceptors (Lipinski definition) is 5. The molecule has 0 aromatic heterocycles. The Bertz CT molecular complexity index is 824. The molecule has 35 heavy (non-hydrogen) atoms. The van der Waals surface area contributed by atoms with Crippen LogP contribution in [0.25, 0.3) is 0 Å². The van der Waals surface area contributed by atoms with Gasteiger partial charge in [-0.25, -0.2) is 9.59 Å². The van der Waals surface area contributed by atoms with Gasteiger partial charge in [-0.05, 0) is 61.8 Å². The van der Waals surface area contributed by atoms with E-state index in [4.69, 9.17) is 16.3 Å². The molecule has 0 unspecified atom stereocenters. The highest BCUT2D eigenvalue weighted by atomic mass is 35.5. The summed E-state index contributed by atoms with van der Waals surface area (Å²) < 4.78 is 10.9. The quantitative estimate of drug-likeness (QED) is 0.435. The van der Waals surface area contributed by atoms with Crippen LogP contribution in [0, 0.1) is 17.8 Å². The zero-order valence-electron chi connectivity index (χ0n) is 21.2. The van der Waals surface area contributed by atoms with E-state index in [1.54, 1.807) is 0 Å². The lowest BCUT2D eigenvalue weighted by Gasteiger charge is -2.39. The van der Waals surface area contributed by atoms with Crippen molar-refractivity contribution in [3.05, 3.63) is 34.9 Å². The standard InChI is InChI=1S/C26H41ClN4O4/c1-18(2)14-19-9-10-28-16-23(19)30-25(32)31-12-5-7-21(17-31)24(20-6-4-8-22(27)15-20)35-13-11-29-26(33)34-3/h4,6,8,15,18-19,21,23-24,28H,5,7,9-14,16-17H2,1-3H3,(H,29,33)(H,30,32)/t19-,21+,23+,24-/m0/s1. The number of amides is 3. The fourth-order valence-corrected chi connectivity index (χ4v) is 5.46. The van der Waals surface area contributed by atoms with Crippen molar-refractivity contribution in [3.8, 4) is 0 Å². The summed E-state index contributed by atoms with van der Waals surface area (Å²) in [6.45, 7) is 8.35. The third kappa shape index (κ3) is 8.54. The van der Waals surface area contributed by atoms with E-state index in [0.717, 1.165) is 50.9 Å². The number of nitrogens with one attached hydrogen (secondary N) is 3. The monoisotopic (exact) mass is 508 g/mol. The Balaban J connectivity index is 1.64. The molecular formula is C26H41ClN4O4. The van der Waals surface area contributed by atoms with Crippen LogP contribution in [0.4, 0.5) is 9.59 Å². The molecule has 0 radical (unpaired) electrons. The Morgan fingerprint density at radius 1 is 1.29 bits per heavy atom. The minimum atomic E-state index is -0.485. The van der Waals surface area contributed by atoms with E-state index in [9.17, 15) is 9.59 Å². The van der Waals surface area contributed by atoms with Gasteiger partial charge in [0.1, 0.15) is 0 Å². The molecule has 3 amide bonds. The summed E-state index contributed by atoms with van der Waals surface area (Å²) in [7, 11) is 1.33. The van der Waals surface area contributed by atoms with Gasteiger partial charge in [0.05, 0.1) is 19.8 Å². The van der Waals surface area contributed by atoms with Crippen molar-refractivity contribution in [1.29, 1.82) is 0 Å². The van der Waals surface area contributed by atoms with E-state index in [1.807, 2.05) is 29.2 Å². The number of likely N-dealkylation sites (tertiary alicyclic amines) is 1. The van der Waals surface area contributed by atoms with Crippen molar-refractivity contribution in [2.75, 3.05) is 46.4 Å². The highest BCUT2D eigenvalue weighted by molar-refractivity contribution is 6.30. The number of methoxy groups -OCH3 is 1. The Kier molecular flexibility index (Phi) is 10.9. The van der Waals surface area contributed by atoms with Gasteiger partial charge in [-0.15, -0.1) is 0 Å². The third-order valence-corrected chi connectivity index (χ3v) is 7.15. The van der Waals surface area contributed by atoms with Crippen molar-refractivity contribution in [1.82, 2.24) is 20.9 Å². The summed E-state index contributed by atoms with van der Waals surface area (Å²) >= 11 is 6.28. The van der Waals surface area contributed by atoms with Gasteiger partial charge < -0.3 is 30.3 Å².